The number of anilines is 1. The summed E-state index contributed by atoms with van der Waals surface area (Å²) in [5, 5.41) is 12.9. The lowest BCUT2D eigenvalue weighted by molar-refractivity contribution is -0.116. The van der Waals surface area contributed by atoms with E-state index >= 15 is 0 Å². The van der Waals surface area contributed by atoms with Gasteiger partial charge in [-0.2, -0.15) is 4.52 Å². The maximum absolute atomic E-state index is 12.8. The molecule has 1 amide bonds. The average Bonchev–Trinajstić information content (AvgIpc) is 3.54. The number of aromatic nitrogens is 4. The zero-order chi connectivity index (χ0) is 26.9. The second-order valence-electron chi connectivity index (χ2n) is 8.49. The van der Waals surface area contributed by atoms with Gasteiger partial charge in [0.2, 0.25) is 21.8 Å². The molecule has 0 saturated heterocycles. The highest BCUT2D eigenvalue weighted by Gasteiger charge is 2.24. The van der Waals surface area contributed by atoms with Gasteiger partial charge in [-0.1, -0.05) is 0 Å². The smallest absolute Gasteiger partial charge is 0.240 e. The van der Waals surface area contributed by atoms with Crippen molar-refractivity contribution in [1.29, 1.82) is 0 Å². The molecule has 38 heavy (non-hydrogen) atoms. The van der Waals surface area contributed by atoms with Crippen LogP contribution in [-0.2, 0) is 21.2 Å². The monoisotopic (exact) mass is 538 g/mol. The van der Waals surface area contributed by atoms with E-state index in [-0.39, 0.29) is 29.8 Å². The Balaban J connectivity index is 1.27. The van der Waals surface area contributed by atoms with Crippen LogP contribution in [0.1, 0.15) is 12.5 Å². The summed E-state index contributed by atoms with van der Waals surface area (Å²) in [5.41, 5.74) is 2.71. The number of rotatable bonds is 9. The molecule has 0 bridgehead atoms. The predicted octanol–water partition coefficient (Wildman–Crippen LogP) is 2.07. The number of nitrogens with zero attached hydrogens (tertiary/aromatic N) is 5. The van der Waals surface area contributed by atoms with E-state index in [9.17, 15) is 13.2 Å². The number of nitrogens with one attached hydrogen (secondary N) is 1. The largest absolute Gasteiger partial charge is 0.497 e. The van der Waals surface area contributed by atoms with Crippen molar-refractivity contribution in [3.63, 3.8) is 0 Å². The Morgan fingerprint density at radius 1 is 1.05 bits per heavy atom. The number of hydrogen-bond acceptors (Lipinski definition) is 9. The Hall–Kier alpha value is -4.23. The Morgan fingerprint density at radius 2 is 1.89 bits per heavy atom. The molecule has 12 nitrogen and oxygen atoms in total. The lowest BCUT2D eigenvalue weighted by atomic mass is 10.2. The summed E-state index contributed by atoms with van der Waals surface area (Å²) in [6, 6.07) is 13.4. The fourth-order valence-corrected chi connectivity index (χ4v) is 5.36. The molecule has 2 aromatic heterocycles. The SMILES string of the molecule is COc1ccc(OC)c(-c2nnc3ccc(OCCNS(=O)(=O)c4ccc5c(c4)CCN5C(C)=O)nn23)c1. The summed E-state index contributed by atoms with van der Waals surface area (Å²) in [4.78, 5) is 13.5. The van der Waals surface area contributed by atoms with Gasteiger partial charge in [-0.15, -0.1) is 15.3 Å². The van der Waals surface area contributed by atoms with Crippen molar-refractivity contribution >= 4 is 27.3 Å². The van der Waals surface area contributed by atoms with Gasteiger partial charge in [0, 0.05) is 31.8 Å². The third kappa shape index (κ3) is 4.85. The summed E-state index contributed by atoms with van der Waals surface area (Å²) in [7, 11) is -0.637. The molecule has 1 aliphatic rings. The first kappa shape index (κ1) is 25.4. The average molecular weight is 539 g/mol. The first-order valence-corrected chi connectivity index (χ1v) is 13.3. The van der Waals surface area contributed by atoms with E-state index in [0.717, 1.165) is 11.3 Å². The van der Waals surface area contributed by atoms with E-state index in [0.29, 0.717) is 41.5 Å². The van der Waals surface area contributed by atoms with Crippen LogP contribution in [0.2, 0.25) is 0 Å². The van der Waals surface area contributed by atoms with Gasteiger partial charge in [0.15, 0.2) is 11.5 Å². The number of carbonyl (C=O) groups excluding carboxylic acids is 1. The molecule has 0 unspecified atom stereocenters. The fraction of sp³-hybridized carbons (Fsp3) is 0.280. The maximum Gasteiger partial charge on any atom is 0.240 e. The Kier molecular flexibility index (Phi) is 6.87. The van der Waals surface area contributed by atoms with Crippen molar-refractivity contribution in [2.24, 2.45) is 0 Å². The number of benzene rings is 2. The van der Waals surface area contributed by atoms with Gasteiger partial charge in [0.05, 0.1) is 24.7 Å². The summed E-state index contributed by atoms with van der Waals surface area (Å²) in [5.74, 6) is 1.82. The lowest BCUT2D eigenvalue weighted by Gasteiger charge is -2.15. The van der Waals surface area contributed by atoms with Crippen molar-refractivity contribution < 1.29 is 27.4 Å². The van der Waals surface area contributed by atoms with Crippen LogP contribution >= 0.6 is 0 Å². The molecule has 0 atom stereocenters. The second kappa shape index (κ2) is 10.3. The van der Waals surface area contributed by atoms with Crippen LogP contribution in [0, 0.1) is 0 Å². The number of ether oxygens (including phenoxy) is 3. The highest BCUT2D eigenvalue weighted by Crippen LogP contribution is 2.33. The van der Waals surface area contributed by atoms with E-state index in [1.165, 1.54) is 17.5 Å². The third-order valence-corrected chi connectivity index (χ3v) is 7.63. The molecule has 198 valence electrons. The molecule has 5 rings (SSSR count). The highest BCUT2D eigenvalue weighted by molar-refractivity contribution is 7.89. The van der Waals surface area contributed by atoms with Gasteiger partial charge in [0.1, 0.15) is 18.1 Å². The van der Waals surface area contributed by atoms with Gasteiger partial charge in [0.25, 0.3) is 0 Å². The van der Waals surface area contributed by atoms with Crippen LogP contribution in [0.5, 0.6) is 17.4 Å². The maximum atomic E-state index is 12.8. The summed E-state index contributed by atoms with van der Waals surface area (Å²) >= 11 is 0. The molecule has 2 aromatic carbocycles. The Morgan fingerprint density at radius 3 is 2.66 bits per heavy atom. The zero-order valence-electron chi connectivity index (χ0n) is 21.0. The molecule has 0 spiro atoms. The minimum Gasteiger partial charge on any atom is -0.497 e. The predicted molar refractivity (Wildman–Crippen MR) is 138 cm³/mol. The molecule has 1 N–H and O–H groups in total. The normalized spacial score (nSPS) is 13.0. The fourth-order valence-electron chi connectivity index (χ4n) is 4.29. The number of methoxy groups -OCH3 is 2. The molecule has 4 aromatic rings. The second-order valence-corrected chi connectivity index (χ2v) is 10.3. The van der Waals surface area contributed by atoms with Gasteiger partial charge >= 0.3 is 0 Å². The minimum atomic E-state index is -3.76. The third-order valence-electron chi connectivity index (χ3n) is 6.17. The van der Waals surface area contributed by atoms with Gasteiger partial charge in [-0.05, 0) is 54.4 Å². The van der Waals surface area contributed by atoms with E-state index < -0.39 is 10.0 Å². The van der Waals surface area contributed by atoms with Crippen LogP contribution in [0.3, 0.4) is 0 Å². The van der Waals surface area contributed by atoms with Crippen molar-refractivity contribution in [1.82, 2.24) is 24.5 Å². The molecular weight excluding hydrogens is 512 g/mol. The Bertz CT molecular complexity index is 1620. The molecule has 3 heterocycles. The first-order valence-electron chi connectivity index (χ1n) is 11.8. The molecule has 13 heteroatoms. The lowest BCUT2D eigenvalue weighted by Crippen LogP contribution is -2.28. The Labute approximate surface area is 219 Å². The standard InChI is InChI=1S/C25H26N6O6S/c1-16(32)30-12-10-17-14-19(5-6-21(17)30)38(33,34)26-11-13-37-24-9-8-23-27-28-25(31(23)29-24)20-15-18(35-2)4-7-22(20)36-3/h4-9,14-15,26H,10-13H2,1-3H3. The highest BCUT2D eigenvalue weighted by atomic mass is 32.2. The molecule has 0 saturated carbocycles. The van der Waals surface area contributed by atoms with E-state index in [1.807, 2.05) is 0 Å². The summed E-state index contributed by atoms with van der Waals surface area (Å²) < 4.78 is 46.2. The number of amides is 1. The van der Waals surface area contributed by atoms with E-state index in [4.69, 9.17) is 14.2 Å². The van der Waals surface area contributed by atoms with E-state index in [2.05, 4.69) is 20.0 Å². The van der Waals surface area contributed by atoms with Gasteiger partial charge in [-0.3, -0.25) is 4.79 Å². The van der Waals surface area contributed by atoms with Crippen molar-refractivity contribution in [3.05, 3.63) is 54.1 Å². The summed E-state index contributed by atoms with van der Waals surface area (Å²) in [6.45, 7) is 2.11. The number of carbonyl (C=O) groups is 1. The molecular formula is C25H26N6O6S. The topological polar surface area (TPSA) is 137 Å². The van der Waals surface area contributed by atoms with Crippen molar-refractivity contribution in [3.8, 4) is 28.8 Å². The molecule has 1 aliphatic heterocycles. The van der Waals surface area contributed by atoms with E-state index in [1.54, 1.807) is 61.6 Å². The van der Waals surface area contributed by atoms with Gasteiger partial charge in [-0.25, -0.2) is 13.1 Å². The van der Waals surface area contributed by atoms with Crippen LogP contribution in [-0.4, -0.2) is 68.1 Å². The summed E-state index contributed by atoms with van der Waals surface area (Å²) in [6.07, 6.45) is 0.613. The van der Waals surface area contributed by atoms with Crippen molar-refractivity contribution in [2.45, 2.75) is 18.2 Å². The first-order chi connectivity index (χ1) is 18.3. The van der Waals surface area contributed by atoms with Crippen LogP contribution in [0.15, 0.2) is 53.4 Å². The minimum absolute atomic E-state index is 0.0252. The quantitative estimate of drug-likeness (QED) is 0.318. The van der Waals surface area contributed by atoms with Crippen molar-refractivity contribution in [2.75, 3.05) is 38.8 Å². The zero-order valence-corrected chi connectivity index (χ0v) is 21.9. The van der Waals surface area contributed by atoms with Crippen LogP contribution in [0.4, 0.5) is 5.69 Å². The molecule has 0 aliphatic carbocycles. The number of fused-ring (bicyclic) bond motifs is 2. The van der Waals surface area contributed by atoms with Crippen LogP contribution < -0.4 is 23.8 Å². The molecule has 0 radical (unpaired) electrons. The molecule has 0 fully saturated rings. The van der Waals surface area contributed by atoms with Crippen LogP contribution in [0.25, 0.3) is 17.0 Å². The number of sulfonamides is 1. The number of hydrogen-bond donors (Lipinski definition) is 1. The van der Waals surface area contributed by atoms with Gasteiger partial charge < -0.3 is 19.1 Å².